The third-order valence-electron chi connectivity index (χ3n) is 30.0. The highest BCUT2D eigenvalue weighted by atomic mass is 28.3. The zero-order valence-electron chi connectivity index (χ0n) is 79.9. The Balaban J connectivity index is 0.871. The van der Waals surface area contributed by atoms with Crippen molar-refractivity contribution in [1.82, 2.24) is 9.13 Å². The lowest BCUT2D eigenvalue weighted by atomic mass is 9.33. The molecule has 4 heterocycles. The maximum atomic E-state index is 2.74. The first-order valence-electron chi connectivity index (χ1n) is 49.4. The Bertz CT molecular complexity index is 8340. The lowest BCUT2D eigenvalue weighted by Gasteiger charge is -2.45. The van der Waals surface area contributed by atoms with Crippen LogP contribution in [-0.4, -0.2) is 32.0 Å². The van der Waals surface area contributed by atoms with Crippen LogP contribution in [0.1, 0.15) is 52.7 Å². The smallest absolute Gasteiger partial charge is 0.252 e. The van der Waals surface area contributed by atoms with Crippen LogP contribution in [0.15, 0.2) is 516 Å². The molecule has 0 radical (unpaired) electrons. The number of benzene rings is 21. The minimum atomic E-state index is -3.67. The van der Waals surface area contributed by atoms with Crippen molar-refractivity contribution in [2.24, 2.45) is 0 Å². The van der Waals surface area contributed by atoms with Crippen LogP contribution in [-0.2, 0) is 10.8 Å². The average molecular weight is 1840 g/mol. The van der Waals surface area contributed by atoms with Gasteiger partial charge < -0.3 is 18.9 Å². The molecule has 0 unspecified atom stereocenters. The highest BCUT2D eigenvalue weighted by molar-refractivity contribution is 7.22. The fourth-order valence-electron chi connectivity index (χ4n) is 23.3. The highest BCUT2D eigenvalue weighted by Crippen LogP contribution is 2.52. The molecule has 23 aromatic rings. The fourth-order valence-corrected chi connectivity index (χ4v) is 33.2. The first-order valence-corrected chi connectivity index (χ1v) is 53.4. The third-order valence-corrected chi connectivity index (χ3v) is 39.5. The third kappa shape index (κ3) is 14.6. The molecule has 2 aliphatic rings. The van der Waals surface area contributed by atoms with Gasteiger partial charge in [0, 0.05) is 66.9 Å². The molecule has 25 rings (SSSR count). The van der Waals surface area contributed by atoms with E-state index in [0.717, 1.165) is 112 Å². The highest BCUT2D eigenvalue weighted by Gasteiger charge is 2.49. The quantitative estimate of drug-likeness (QED) is 0.0629. The summed E-state index contributed by atoms with van der Waals surface area (Å²) in [4.78, 5) is 5.40. The molecule has 21 aromatic carbocycles. The van der Waals surface area contributed by atoms with Crippen LogP contribution >= 0.6 is 0 Å². The molecule has 0 spiro atoms. The lowest BCUT2D eigenvalue weighted by molar-refractivity contribution is 0.590. The number of aromatic nitrogens is 2. The van der Waals surface area contributed by atoms with Gasteiger partial charge in [-0.05, 0) is 238 Å². The van der Waals surface area contributed by atoms with Gasteiger partial charge in [0.25, 0.3) is 6.71 Å². The molecule has 141 heavy (non-hydrogen) atoms. The normalized spacial score (nSPS) is 12.6. The van der Waals surface area contributed by atoms with E-state index >= 15 is 0 Å². The number of nitrogens with zero attached hydrogens (tertiary/aromatic N) is 4. The van der Waals surface area contributed by atoms with Gasteiger partial charge in [-0.15, -0.1) is 0 Å². The van der Waals surface area contributed by atoms with Crippen molar-refractivity contribution in [3.05, 3.63) is 527 Å². The van der Waals surface area contributed by atoms with Gasteiger partial charge in [-0.2, -0.15) is 0 Å². The molecule has 4 nitrogen and oxygen atoms in total. The molecule has 2 aliphatic heterocycles. The largest absolute Gasteiger partial charge is 0.311 e. The Kier molecular flexibility index (Phi) is 21.2. The number of rotatable bonds is 18. The van der Waals surface area contributed by atoms with Crippen LogP contribution in [0, 0.1) is 0 Å². The number of hydrogen-bond acceptors (Lipinski definition) is 2. The summed E-state index contributed by atoms with van der Waals surface area (Å²) >= 11 is 0. The molecule has 0 aliphatic carbocycles. The Hall–Kier alpha value is -16.7. The minimum absolute atomic E-state index is 0.107. The fraction of sp³-hybridized carbons (Fsp3) is 0.0597. The van der Waals surface area contributed by atoms with E-state index in [1.807, 2.05) is 0 Å². The lowest BCUT2D eigenvalue weighted by Crippen LogP contribution is -2.78. The summed E-state index contributed by atoms with van der Waals surface area (Å²) in [6.07, 6.45) is 0. The van der Waals surface area contributed by atoms with Gasteiger partial charge >= 0.3 is 0 Å². The summed E-state index contributed by atoms with van der Waals surface area (Å²) in [5, 5.41) is 15.1. The maximum Gasteiger partial charge on any atom is 0.252 e. The Morgan fingerprint density at radius 3 is 0.929 bits per heavy atom. The minimum Gasteiger partial charge on any atom is -0.311 e. The standard InChI is InChI=1S/C134H103BN4Si2/c1-133(2,3)103-70-77-126-119(87-103)120-88-104(134(4,5)6)71-78-127(120)137(126)107-73-75-122-129(90-107)139(125-76-69-100(95-47-22-10-23-48-95)84-118(125)96-49-24-11-25-50-96)131-86-102(85-130-132(131)135(122)121-74-72-106(136-123-67-36-34-65-116(123)117-66-35-37-68-124(117)136)89-128(121)138(130)105-54-38-51-97(79-105)92-41-16-7-17-42-92)101-82-114(140(108-55-26-12-27-56-108,109-57-28-13-29-58-109)112-63-39-52-98(80-112)93-43-18-8-19-44-93)91-115(83-101)141(110-59-30-14-31-60-110,111-61-32-15-33-62-111)113-64-40-53-99(81-113)94-45-20-9-21-46-94/h7-91H,1-6H3. The average Bonchev–Trinajstić information content (AvgIpc) is 1.06. The van der Waals surface area contributed by atoms with Crippen molar-refractivity contribution < 1.29 is 0 Å². The van der Waals surface area contributed by atoms with Crippen molar-refractivity contribution in [3.63, 3.8) is 0 Å². The van der Waals surface area contributed by atoms with Gasteiger partial charge in [-0.25, -0.2) is 0 Å². The number of hydrogen-bond donors (Lipinski definition) is 0. The van der Waals surface area contributed by atoms with E-state index in [9.17, 15) is 0 Å². The van der Waals surface area contributed by atoms with Crippen LogP contribution in [0.4, 0.5) is 34.1 Å². The molecule has 0 amide bonds. The van der Waals surface area contributed by atoms with E-state index in [4.69, 9.17) is 0 Å². The Morgan fingerprint density at radius 1 is 0.184 bits per heavy atom. The molecule has 670 valence electrons. The molecular formula is C134H103BN4Si2. The van der Waals surface area contributed by atoms with Crippen molar-refractivity contribution in [2.75, 3.05) is 9.80 Å². The van der Waals surface area contributed by atoms with Gasteiger partial charge in [0.1, 0.15) is 0 Å². The second-order valence-corrected chi connectivity index (χ2v) is 47.8. The van der Waals surface area contributed by atoms with Gasteiger partial charge in [0.05, 0.1) is 27.8 Å². The van der Waals surface area contributed by atoms with Gasteiger partial charge in [-0.3, -0.25) is 0 Å². The molecular weight excluding hydrogens is 1730 g/mol. The summed E-state index contributed by atoms with van der Waals surface area (Å²) in [5.41, 5.74) is 32.8. The molecule has 0 atom stereocenters. The zero-order valence-corrected chi connectivity index (χ0v) is 81.9. The van der Waals surface area contributed by atoms with E-state index < -0.39 is 16.1 Å². The van der Waals surface area contributed by atoms with Crippen LogP contribution in [0.5, 0.6) is 0 Å². The molecule has 0 bridgehead atoms. The summed E-state index contributed by atoms with van der Waals surface area (Å²) in [7, 11) is -7.34. The van der Waals surface area contributed by atoms with Crippen molar-refractivity contribution in [2.45, 2.75) is 52.4 Å². The number of anilines is 6. The number of para-hydroxylation sites is 2. The van der Waals surface area contributed by atoms with Crippen molar-refractivity contribution >= 4 is 158 Å². The van der Waals surface area contributed by atoms with Gasteiger partial charge in [-0.1, -0.05) is 460 Å². The SMILES string of the molecule is CC(C)(C)c1ccc2c(c1)c1cc(C(C)(C)C)ccc1n2-c1ccc2c(c1)N(c1ccc(-c3ccccc3)cc1-c1ccccc1)c1cc(-c3cc([Si](c4ccccc4)(c4ccccc4)c4cccc(-c5ccccc5)c4)cc([Si](c4ccccc4)(c4ccccc4)c4cccc(-c5ccccc5)c4)c3)cc3c1B2c1ccc(-n2c4ccccc4c4ccccc42)cc1N3c1cccc(-c2ccccc2)c1. The number of fused-ring (bicyclic) bond motifs is 10. The topological polar surface area (TPSA) is 16.3 Å². The van der Waals surface area contributed by atoms with Crippen molar-refractivity contribution in [1.29, 1.82) is 0 Å². The van der Waals surface area contributed by atoms with Crippen LogP contribution < -0.4 is 67.7 Å². The second-order valence-electron chi connectivity index (χ2n) is 40.2. The van der Waals surface area contributed by atoms with E-state index in [1.54, 1.807) is 0 Å². The molecule has 7 heteroatoms. The summed E-state index contributed by atoms with van der Waals surface area (Å²) in [6, 6.07) is 199. The first-order chi connectivity index (χ1) is 69.2. The predicted octanol–water partition coefficient (Wildman–Crippen LogP) is 27.3. The monoisotopic (exact) mass is 1830 g/mol. The molecule has 0 saturated heterocycles. The summed E-state index contributed by atoms with van der Waals surface area (Å²) in [6.45, 7) is 13.7. The Morgan fingerprint density at radius 2 is 0.511 bits per heavy atom. The van der Waals surface area contributed by atoms with Crippen LogP contribution in [0.2, 0.25) is 0 Å². The molecule has 2 aromatic heterocycles. The van der Waals surface area contributed by atoms with Crippen molar-refractivity contribution in [3.8, 4) is 78.1 Å². The van der Waals surface area contributed by atoms with Crippen LogP contribution in [0.3, 0.4) is 0 Å². The summed E-state index contributed by atoms with van der Waals surface area (Å²) in [5.74, 6) is 0. The second kappa shape index (κ2) is 34.8. The predicted molar refractivity (Wildman–Crippen MR) is 606 cm³/mol. The van der Waals surface area contributed by atoms with E-state index in [2.05, 4.69) is 576 Å². The maximum absolute atomic E-state index is 3.67. The van der Waals surface area contributed by atoms with E-state index in [-0.39, 0.29) is 17.5 Å². The zero-order chi connectivity index (χ0) is 94.7. The van der Waals surface area contributed by atoms with Gasteiger partial charge in [0.15, 0.2) is 16.1 Å². The van der Waals surface area contributed by atoms with E-state index in [1.165, 1.54) is 113 Å². The molecule has 0 N–H and O–H groups in total. The van der Waals surface area contributed by atoms with Crippen LogP contribution in [0.25, 0.3) is 122 Å². The molecule has 0 saturated carbocycles. The summed E-state index contributed by atoms with van der Waals surface area (Å²) < 4.78 is 5.09. The van der Waals surface area contributed by atoms with Gasteiger partial charge in [0.2, 0.25) is 0 Å². The van der Waals surface area contributed by atoms with E-state index in [0.29, 0.717) is 0 Å². The molecule has 0 fully saturated rings. The Labute approximate surface area is 828 Å². The first kappa shape index (κ1) is 85.9.